The number of hydrogen-bond donors (Lipinski definition) is 1. The summed E-state index contributed by atoms with van der Waals surface area (Å²) in [4.78, 5) is 9.46. The molecule has 2 heterocycles. The molecule has 0 amide bonds. The minimum atomic E-state index is 0.249. The number of benzene rings is 3. The van der Waals surface area contributed by atoms with E-state index in [9.17, 15) is 0 Å². The van der Waals surface area contributed by atoms with Crippen LogP contribution in [0.3, 0.4) is 0 Å². The summed E-state index contributed by atoms with van der Waals surface area (Å²) in [6, 6.07) is 21.7. The van der Waals surface area contributed by atoms with Crippen LogP contribution in [0.5, 0.6) is 11.5 Å². The largest absolute Gasteiger partial charge is 0.454 e. The van der Waals surface area contributed by atoms with Gasteiger partial charge in [0.05, 0.1) is 22.1 Å². The number of aromatic nitrogens is 1. The Balaban J connectivity index is 1.45. The van der Waals surface area contributed by atoms with Crippen LogP contribution in [0.2, 0.25) is 0 Å². The summed E-state index contributed by atoms with van der Waals surface area (Å²) in [6.07, 6.45) is 1.72. The molecule has 0 saturated heterocycles. The highest BCUT2D eigenvalue weighted by Crippen LogP contribution is 2.32. The average molecular weight is 414 g/mol. The van der Waals surface area contributed by atoms with Gasteiger partial charge >= 0.3 is 0 Å². The van der Waals surface area contributed by atoms with Crippen LogP contribution in [-0.2, 0) is 0 Å². The smallest absolute Gasteiger partial charge is 0.231 e. The first-order chi connectivity index (χ1) is 14.7. The van der Waals surface area contributed by atoms with E-state index in [0.29, 0.717) is 5.84 Å². The number of aliphatic imine (C=N–C) groups is 1. The summed E-state index contributed by atoms with van der Waals surface area (Å²) in [5.41, 5.74) is 6.92. The Morgan fingerprint density at radius 1 is 1.03 bits per heavy atom. The van der Waals surface area contributed by atoms with Gasteiger partial charge < -0.3 is 9.47 Å². The molecule has 6 nitrogen and oxygen atoms in total. The molecule has 0 bridgehead atoms. The zero-order valence-electron chi connectivity index (χ0n) is 16.2. The Hall–Kier alpha value is -3.71. The topological polar surface area (TPSA) is 68.1 Å². The van der Waals surface area contributed by atoms with Crippen LogP contribution in [0.25, 0.3) is 10.2 Å². The number of nitrogens with zero attached hydrogens (tertiary/aromatic N) is 3. The van der Waals surface area contributed by atoms with Gasteiger partial charge in [0.15, 0.2) is 22.3 Å². The minimum Gasteiger partial charge on any atom is -0.454 e. The molecule has 0 aliphatic carbocycles. The van der Waals surface area contributed by atoms with Gasteiger partial charge in [-0.2, -0.15) is 5.10 Å². The molecule has 0 fully saturated rings. The Bertz CT molecular complexity index is 1230. The molecule has 0 spiro atoms. The van der Waals surface area contributed by atoms with Gasteiger partial charge in [0.25, 0.3) is 0 Å². The molecule has 0 atom stereocenters. The number of ether oxygens (including phenoxy) is 2. The number of amidine groups is 1. The molecule has 3 aromatic carbocycles. The van der Waals surface area contributed by atoms with Crippen LogP contribution in [0.4, 0.5) is 5.69 Å². The van der Waals surface area contributed by atoms with Gasteiger partial charge in [-0.15, -0.1) is 11.3 Å². The van der Waals surface area contributed by atoms with E-state index in [1.165, 1.54) is 5.56 Å². The monoisotopic (exact) mass is 414 g/mol. The number of thiazole rings is 1. The Kier molecular flexibility index (Phi) is 4.86. The average Bonchev–Trinajstić information content (AvgIpc) is 3.41. The number of aryl methyl sites for hydroxylation is 1. The third-order valence-electron chi connectivity index (χ3n) is 4.55. The van der Waals surface area contributed by atoms with Gasteiger partial charge in [0.1, 0.15) is 0 Å². The first-order valence-electron chi connectivity index (χ1n) is 9.45. The first-order valence-corrected chi connectivity index (χ1v) is 10.3. The van der Waals surface area contributed by atoms with Crippen molar-refractivity contribution in [3.05, 3.63) is 82.9 Å². The predicted octanol–water partition coefficient (Wildman–Crippen LogP) is 5.04. The van der Waals surface area contributed by atoms with Crippen molar-refractivity contribution in [3.8, 4) is 11.5 Å². The summed E-state index contributed by atoms with van der Waals surface area (Å²) < 4.78 is 11.9. The molecule has 1 aromatic heterocycles. The SMILES string of the molecule is Cc1ccc(N=C(N/N=C\c2ccc3c(c2)OCO3)c2nc3ccccc3s2)cc1. The van der Waals surface area contributed by atoms with Gasteiger partial charge in [-0.25, -0.2) is 9.98 Å². The molecular formula is C23H18N4O2S. The van der Waals surface area contributed by atoms with Crippen LogP contribution in [0, 0.1) is 6.92 Å². The molecule has 1 aliphatic rings. The lowest BCUT2D eigenvalue weighted by atomic mass is 10.2. The normalized spacial score (nSPS) is 13.3. The highest BCUT2D eigenvalue weighted by Gasteiger charge is 2.13. The molecule has 7 heteroatoms. The van der Waals surface area contributed by atoms with E-state index >= 15 is 0 Å². The van der Waals surface area contributed by atoms with Crippen LogP contribution in [0.1, 0.15) is 16.1 Å². The van der Waals surface area contributed by atoms with E-state index in [1.807, 2.05) is 60.7 Å². The standard InChI is InChI=1S/C23H18N4O2S/c1-15-6-9-17(10-7-15)25-22(23-26-18-4-2-3-5-21(18)30-23)27-24-13-16-8-11-19-20(12-16)29-14-28-19/h2-13H,14H2,1H3,(H,25,27)/b24-13-. The second-order valence-corrected chi connectivity index (χ2v) is 7.80. The summed E-state index contributed by atoms with van der Waals surface area (Å²) in [6.45, 7) is 2.30. The predicted molar refractivity (Wildman–Crippen MR) is 120 cm³/mol. The number of nitrogens with one attached hydrogen (secondary N) is 1. The number of hydrogen-bond acceptors (Lipinski definition) is 6. The summed E-state index contributed by atoms with van der Waals surface area (Å²) in [5.74, 6) is 2.06. The Morgan fingerprint density at radius 3 is 2.73 bits per heavy atom. The maximum Gasteiger partial charge on any atom is 0.231 e. The van der Waals surface area contributed by atoms with Crippen LogP contribution >= 0.6 is 11.3 Å². The third-order valence-corrected chi connectivity index (χ3v) is 5.60. The maximum atomic E-state index is 5.42. The molecule has 148 valence electrons. The van der Waals surface area contributed by atoms with Crippen molar-refractivity contribution < 1.29 is 9.47 Å². The highest BCUT2D eigenvalue weighted by molar-refractivity contribution is 7.20. The number of rotatable bonds is 4. The van der Waals surface area contributed by atoms with Gasteiger partial charge in [0, 0.05) is 0 Å². The molecule has 5 rings (SSSR count). The fourth-order valence-corrected chi connectivity index (χ4v) is 3.91. The Labute approximate surface area is 177 Å². The maximum absolute atomic E-state index is 5.42. The summed E-state index contributed by atoms with van der Waals surface area (Å²) in [7, 11) is 0. The summed E-state index contributed by atoms with van der Waals surface area (Å²) >= 11 is 1.58. The minimum absolute atomic E-state index is 0.249. The third kappa shape index (κ3) is 3.88. The molecule has 0 saturated carbocycles. The van der Waals surface area contributed by atoms with E-state index in [0.717, 1.165) is 38.0 Å². The first kappa shape index (κ1) is 18.3. The van der Waals surface area contributed by atoms with E-state index < -0.39 is 0 Å². The fraction of sp³-hybridized carbons (Fsp3) is 0.0870. The van der Waals surface area contributed by atoms with E-state index in [4.69, 9.17) is 19.5 Å². The van der Waals surface area contributed by atoms with Crippen molar-refractivity contribution in [1.29, 1.82) is 0 Å². The van der Waals surface area contributed by atoms with Gasteiger partial charge in [-0.1, -0.05) is 29.8 Å². The molecule has 1 N–H and O–H groups in total. The van der Waals surface area contributed by atoms with Crippen molar-refractivity contribution in [1.82, 2.24) is 10.4 Å². The summed E-state index contributed by atoms with van der Waals surface area (Å²) in [5, 5.41) is 5.17. The van der Waals surface area contributed by atoms with Crippen LogP contribution in [0.15, 0.2) is 76.8 Å². The lowest BCUT2D eigenvalue weighted by Gasteiger charge is -2.03. The van der Waals surface area contributed by atoms with Crippen LogP contribution in [-0.4, -0.2) is 23.8 Å². The number of hydrazone groups is 1. The van der Waals surface area contributed by atoms with Crippen molar-refractivity contribution in [3.63, 3.8) is 0 Å². The van der Waals surface area contributed by atoms with E-state index in [1.54, 1.807) is 17.6 Å². The second kappa shape index (κ2) is 7.96. The van der Waals surface area contributed by atoms with Crippen molar-refractivity contribution in [2.24, 2.45) is 10.1 Å². The zero-order chi connectivity index (χ0) is 20.3. The van der Waals surface area contributed by atoms with E-state index in [-0.39, 0.29) is 6.79 Å². The molecule has 0 radical (unpaired) electrons. The van der Waals surface area contributed by atoms with Crippen LogP contribution < -0.4 is 14.9 Å². The lowest BCUT2D eigenvalue weighted by molar-refractivity contribution is 0.174. The molecule has 30 heavy (non-hydrogen) atoms. The molecule has 1 aliphatic heterocycles. The number of fused-ring (bicyclic) bond motifs is 2. The van der Waals surface area contributed by atoms with Gasteiger partial charge in [0.2, 0.25) is 6.79 Å². The van der Waals surface area contributed by atoms with Crippen molar-refractivity contribution >= 4 is 39.3 Å². The molecular weight excluding hydrogens is 396 g/mol. The molecule has 0 unspecified atom stereocenters. The number of para-hydroxylation sites is 1. The second-order valence-electron chi connectivity index (χ2n) is 6.77. The van der Waals surface area contributed by atoms with Gasteiger partial charge in [-0.3, -0.25) is 5.43 Å². The lowest BCUT2D eigenvalue weighted by Crippen LogP contribution is -2.18. The highest BCUT2D eigenvalue weighted by atomic mass is 32.1. The fourth-order valence-electron chi connectivity index (χ4n) is 3.00. The van der Waals surface area contributed by atoms with E-state index in [2.05, 4.69) is 23.5 Å². The molecule has 4 aromatic rings. The Morgan fingerprint density at radius 2 is 1.87 bits per heavy atom. The van der Waals surface area contributed by atoms with Crippen molar-refractivity contribution in [2.75, 3.05) is 6.79 Å². The van der Waals surface area contributed by atoms with Gasteiger partial charge in [-0.05, 0) is 55.0 Å². The zero-order valence-corrected chi connectivity index (χ0v) is 17.0. The van der Waals surface area contributed by atoms with Crippen molar-refractivity contribution in [2.45, 2.75) is 6.92 Å². The quantitative estimate of drug-likeness (QED) is 0.289.